The summed E-state index contributed by atoms with van der Waals surface area (Å²) >= 11 is 6.13. The lowest BCUT2D eigenvalue weighted by Crippen LogP contribution is -2.28. The van der Waals surface area contributed by atoms with Crippen LogP contribution < -0.4 is 10.6 Å². The van der Waals surface area contributed by atoms with Crippen molar-refractivity contribution < 1.29 is 0 Å². The van der Waals surface area contributed by atoms with Crippen molar-refractivity contribution in [3.63, 3.8) is 0 Å². The number of pyridine rings is 1. The molecule has 6 rings (SSSR count). The Kier molecular flexibility index (Phi) is 4.36. The number of halogens is 1. The maximum Gasteiger partial charge on any atom is 0.228 e. The summed E-state index contributed by atoms with van der Waals surface area (Å²) < 4.78 is 0. The van der Waals surface area contributed by atoms with Gasteiger partial charge in [0.25, 0.3) is 0 Å². The lowest BCUT2D eigenvalue weighted by Gasteiger charge is -2.21. The minimum Gasteiger partial charge on any atom is -0.351 e. The predicted molar refractivity (Wildman–Crippen MR) is 114 cm³/mol. The van der Waals surface area contributed by atoms with Gasteiger partial charge in [-0.05, 0) is 87.2 Å². The summed E-state index contributed by atoms with van der Waals surface area (Å²) in [5, 5.41) is 7.79. The largest absolute Gasteiger partial charge is 0.351 e. The van der Waals surface area contributed by atoms with Crippen molar-refractivity contribution >= 4 is 23.5 Å². The van der Waals surface area contributed by atoms with E-state index < -0.39 is 0 Å². The van der Waals surface area contributed by atoms with Crippen molar-refractivity contribution in [1.29, 1.82) is 0 Å². The first kappa shape index (κ1) is 17.9. The molecule has 152 valence electrons. The van der Waals surface area contributed by atoms with Gasteiger partial charge in [0.1, 0.15) is 10.8 Å². The van der Waals surface area contributed by atoms with Gasteiger partial charge in [-0.25, -0.2) is 4.98 Å². The van der Waals surface area contributed by atoms with Gasteiger partial charge in [-0.15, -0.1) is 0 Å². The quantitative estimate of drug-likeness (QED) is 0.579. The third-order valence-electron chi connectivity index (χ3n) is 6.69. The summed E-state index contributed by atoms with van der Waals surface area (Å²) in [6.45, 7) is 0. The zero-order valence-electron chi connectivity index (χ0n) is 16.5. The average Bonchev–Trinajstić information content (AvgIpc) is 3.59. The van der Waals surface area contributed by atoms with Crippen LogP contribution in [0.2, 0.25) is 5.15 Å². The molecule has 7 heteroatoms. The Labute approximate surface area is 176 Å². The predicted octanol–water partition coefficient (Wildman–Crippen LogP) is 4.79. The first-order chi connectivity index (χ1) is 14.2. The smallest absolute Gasteiger partial charge is 0.228 e. The molecular formula is C22H27ClN6. The molecular weight excluding hydrogens is 384 g/mol. The van der Waals surface area contributed by atoms with Crippen LogP contribution in [0.4, 0.5) is 11.9 Å². The normalized spacial score (nSPS) is 21.6. The molecule has 2 N–H and O–H groups in total. The fourth-order valence-corrected chi connectivity index (χ4v) is 4.68. The van der Waals surface area contributed by atoms with Crippen molar-refractivity contribution in [1.82, 2.24) is 19.9 Å². The zero-order valence-corrected chi connectivity index (χ0v) is 17.3. The Balaban J connectivity index is 1.32. The molecule has 2 aromatic heterocycles. The lowest BCUT2D eigenvalue weighted by molar-refractivity contribution is 0.557. The molecule has 4 fully saturated rings. The summed E-state index contributed by atoms with van der Waals surface area (Å²) in [5.74, 6) is 5.02. The molecule has 0 aromatic carbocycles. The molecule has 0 bridgehead atoms. The molecule has 29 heavy (non-hydrogen) atoms. The van der Waals surface area contributed by atoms with Gasteiger partial charge in [0.05, 0.1) is 0 Å². The summed E-state index contributed by atoms with van der Waals surface area (Å²) in [6, 6.07) is 6.56. The molecule has 0 spiro atoms. The van der Waals surface area contributed by atoms with Crippen LogP contribution >= 0.6 is 11.6 Å². The zero-order chi connectivity index (χ0) is 19.4. The maximum absolute atomic E-state index is 6.13. The molecule has 4 aliphatic rings. The fourth-order valence-electron chi connectivity index (χ4n) is 4.51. The third kappa shape index (κ3) is 4.18. The second-order valence-corrected chi connectivity index (χ2v) is 9.73. The van der Waals surface area contributed by atoms with Crippen LogP contribution in [0.3, 0.4) is 0 Å². The Morgan fingerprint density at radius 2 is 1.17 bits per heavy atom. The molecule has 0 amide bonds. The molecule has 4 aliphatic carbocycles. The van der Waals surface area contributed by atoms with Crippen molar-refractivity contribution in [2.75, 3.05) is 10.6 Å². The molecule has 0 aliphatic heterocycles. The van der Waals surface area contributed by atoms with Crippen molar-refractivity contribution in [2.24, 2.45) is 23.7 Å². The van der Waals surface area contributed by atoms with E-state index in [0.29, 0.717) is 40.7 Å². The van der Waals surface area contributed by atoms with Gasteiger partial charge >= 0.3 is 0 Å². The second kappa shape index (κ2) is 7.08. The number of hydrogen-bond donors (Lipinski definition) is 2. The molecule has 2 aromatic rings. The van der Waals surface area contributed by atoms with E-state index in [9.17, 15) is 0 Å². The number of nitrogens with zero attached hydrogens (tertiary/aromatic N) is 4. The van der Waals surface area contributed by atoms with Crippen LogP contribution in [0.25, 0.3) is 11.5 Å². The molecule has 6 nitrogen and oxygen atoms in total. The van der Waals surface area contributed by atoms with E-state index in [2.05, 4.69) is 15.6 Å². The van der Waals surface area contributed by atoms with Gasteiger partial charge in [0, 0.05) is 12.1 Å². The Morgan fingerprint density at radius 3 is 1.59 bits per heavy atom. The fraction of sp³-hybridized carbons (Fsp3) is 0.636. The number of rotatable bonds is 9. The van der Waals surface area contributed by atoms with E-state index in [4.69, 9.17) is 26.6 Å². The van der Waals surface area contributed by atoms with Crippen LogP contribution in [-0.2, 0) is 0 Å². The van der Waals surface area contributed by atoms with Crippen LogP contribution in [0.5, 0.6) is 0 Å². The Morgan fingerprint density at radius 1 is 0.690 bits per heavy atom. The number of anilines is 2. The van der Waals surface area contributed by atoms with Crippen molar-refractivity contribution in [3.05, 3.63) is 23.4 Å². The molecule has 2 heterocycles. The van der Waals surface area contributed by atoms with Gasteiger partial charge < -0.3 is 10.6 Å². The van der Waals surface area contributed by atoms with Crippen molar-refractivity contribution in [3.8, 4) is 11.5 Å². The number of hydrogen-bond acceptors (Lipinski definition) is 6. The standard InChI is InChI=1S/C22H27ClN6/c23-17-3-1-2-16(24-17)20-27-21(25-18(12-4-5-12)13-6-7-13)29-22(28-20)26-19(14-8-9-14)15-10-11-15/h1-3,12-15,18-19H,4-11H2,(H2,25,26,27,28,29). The lowest BCUT2D eigenvalue weighted by atomic mass is 10.1. The van der Waals surface area contributed by atoms with E-state index in [0.717, 1.165) is 23.7 Å². The molecule has 0 unspecified atom stereocenters. The van der Waals surface area contributed by atoms with E-state index >= 15 is 0 Å². The second-order valence-electron chi connectivity index (χ2n) is 9.34. The molecule has 0 radical (unpaired) electrons. The van der Waals surface area contributed by atoms with E-state index in [1.165, 1.54) is 51.4 Å². The SMILES string of the molecule is Clc1cccc(-c2nc(NC(C3CC3)C3CC3)nc(NC(C3CC3)C3CC3)n2)n1. The highest BCUT2D eigenvalue weighted by Gasteiger charge is 2.43. The van der Waals surface area contributed by atoms with Crippen molar-refractivity contribution in [2.45, 2.75) is 63.5 Å². The van der Waals surface area contributed by atoms with Gasteiger partial charge in [0.15, 0.2) is 5.82 Å². The average molecular weight is 411 g/mol. The Hall–Kier alpha value is -1.95. The van der Waals surface area contributed by atoms with E-state index in [-0.39, 0.29) is 0 Å². The van der Waals surface area contributed by atoms with Crippen LogP contribution in [0.15, 0.2) is 18.2 Å². The highest BCUT2D eigenvalue weighted by molar-refractivity contribution is 6.29. The van der Waals surface area contributed by atoms with Gasteiger partial charge in [-0.3, -0.25) is 0 Å². The summed E-state index contributed by atoms with van der Waals surface area (Å²) in [6.07, 6.45) is 10.5. The highest BCUT2D eigenvalue weighted by atomic mass is 35.5. The van der Waals surface area contributed by atoms with Gasteiger partial charge in [-0.1, -0.05) is 17.7 Å². The summed E-state index contributed by atoms with van der Waals surface area (Å²) in [5.41, 5.74) is 0.690. The molecule has 0 saturated heterocycles. The number of nitrogens with one attached hydrogen (secondary N) is 2. The minimum atomic E-state index is 0.453. The van der Waals surface area contributed by atoms with Crippen LogP contribution in [0.1, 0.15) is 51.4 Å². The highest BCUT2D eigenvalue weighted by Crippen LogP contribution is 2.47. The first-order valence-electron chi connectivity index (χ1n) is 11.1. The molecule has 0 atom stereocenters. The first-order valence-corrected chi connectivity index (χ1v) is 11.5. The third-order valence-corrected chi connectivity index (χ3v) is 6.90. The Bertz CT molecular complexity index is 832. The van der Waals surface area contributed by atoms with E-state index in [1.54, 1.807) is 6.07 Å². The van der Waals surface area contributed by atoms with Gasteiger partial charge in [-0.2, -0.15) is 15.0 Å². The minimum absolute atomic E-state index is 0.453. The topological polar surface area (TPSA) is 75.6 Å². The monoisotopic (exact) mass is 410 g/mol. The van der Waals surface area contributed by atoms with Crippen LogP contribution in [-0.4, -0.2) is 32.0 Å². The maximum atomic E-state index is 6.13. The van der Waals surface area contributed by atoms with Gasteiger partial charge in [0.2, 0.25) is 11.9 Å². The van der Waals surface area contributed by atoms with Crippen LogP contribution in [0, 0.1) is 23.7 Å². The van der Waals surface area contributed by atoms with E-state index in [1.807, 2.05) is 12.1 Å². The summed E-state index contributed by atoms with van der Waals surface area (Å²) in [4.78, 5) is 18.7. The molecule has 4 saturated carbocycles. The summed E-state index contributed by atoms with van der Waals surface area (Å²) in [7, 11) is 0. The number of aromatic nitrogens is 4.